The summed E-state index contributed by atoms with van der Waals surface area (Å²) < 4.78 is 10.9. The Hall–Kier alpha value is -1.90. The van der Waals surface area contributed by atoms with Gasteiger partial charge in [-0.2, -0.15) is 0 Å². The molecule has 3 heterocycles. The van der Waals surface area contributed by atoms with E-state index >= 15 is 0 Å². The minimum absolute atomic E-state index is 0.133. The number of carbonyl (C=O) groups is 1. The van der Waals surface area contributed by atoms with E-state index in [9.17, 15) is 4.79 Å². The van der Waals surface area contributed by atoms with Gasteiger partial charge in [-0.05, 0) is 31.2 Å². The van der Waals surface area contributed by atoms with Crippen LogP contribution in [0.5, 0.6) is 0 Å². The third-order valence-corrected chi connectivity index (χ3v) is 5.66. The van der Waals surface area contributed by atoms with Gasteiger partial charge in [0.1, 0.15) is 5.03 Å². The molecule has 2 aromatic rings. The highest BCUT2D eigenvalue weighted by molar-refractivity contribution is 7.98. The van der Waals surface area contributed by atoms with Crippen molar-refractivity contribution in [2.45, 2.75) is 31.8 Å². The first-order valence-corrected chi connectivity index (χ1v) is 10.8. The van der Waals surface area contributed by atoms with Gasteiger partial charge in [-0.3, -0.25) is 9.69 Å². The second-order valence-electron chi connectivity index (χ2n) is 7.16. The van der Waals surface area contributed by atoms with Gasteiger partial charge in [0.15, 0.2) is 11.6 Å². The van der Waals surface area contributed by atoms with Gasteiger partial charge in [-0.1, -0.05) is 13.8 Å². The number of hydrogen-bond acceptors (Lipinski definition) is 7. The first-order chi connectivity index (χ1) is 13.5. The number of aromatic nitrogens is 2. The molecular weight excluding hydrogens is 376 g/mol. The zero-order valence-corrected chi connectivity index (χ0v) is 17.7. The van der Waals surface area contributed by atoms with Crippen molar-refractivity contribution in [3.63, 3.8) is 0 Å². The third kappa shape index (κ3) is 4.74. The first-order valence-electron chi connectivity index (χ1n) is 9.57. The Bertz CT molecular complexity index is 789. The molecule has 1 aliphatic heterocycles. The van der Waals surface area contributed by atoms with Gasteiger partial charge in [0.25, 0.3) is 5.91 Å². The van der Waals surface area contributed by atoms with E-state index in [-0.39, 0.29) is 11.9 Å². The van der Waals surface area contributed by atoms with E-state index in [0.29, 0.717) is 40.3 Å². The van der Waals surface area contributed by atoms with E-state index in [0.717, 1.165) is 26.3 Å². The van der Waals surface area contributed by atoms with Crippen LogP contribution in [0.4, 0.5) is 0 Å². The number of carbonyl (C=O) groups excluding carboxylic acids is 1. The van der Waals surface area contributed by atoms with Crippen LogP contribution in [0.15, 0.2) is 27.8 Å². The molecule has 152 valence electrons. The molecule has 0 aliphatic carbocycles. The van der Waals surface area contributed by atoms with Crippen molar-refractivity contribution >= 4 is 17.7 Å². The second-order valence-corrected chi connectivity index (χ2v) is 7.96. The lowest BCUT2D eigenvalue weighted by molar-refractivity contribution is 0.00671. The fraction of sp³-hybridized carbons (Fsp3) is 0.550. The maximum absolute atomic E-state index is 13.0. The van der Waals surface area contributed by atoms with Gasteiger partial charge in [-0.15, -0.1) is 11.8 Å². The van der Waals surface area contributed by atoms with Crippen LogP contribution >= 0.6 is 11.8 Å². The molecule has 1 amide bonds. The molecule has 28 heavy (non-hydrogen) atoms. The minimum atomic E-state index is -0.133. The summed E-state index contributed by atoms with van der Waals surface area (Å²) in [4.78, 5) is 24.4. The molecule has 0 aromatic carbocycles. The maximum Gasteiger partial charge on any atom is 0.255 e. The van der Waals surface area contributed by atoms with E-state index < -0.39 is 0 Å². The molecule has 7 nitrogen and oxygen atoms in total. The molecule has 1 N–H and O–H groups in total. The van der Waals surface area contributed by atoms with Crippen molar-refractivity contribution in [1.29, 1.82) is 0 Å². The maximum atomic E-state index is 13.0. The van der Waals surface area contributed by atoms with Crippen LogP contribution in [0.2, 0.25) is 0 Å². The molecule has 1 saturated heterocycles. The smallest absolute Gasteiger partial charge is 0.255 e. The molecular formula is C20H28N4O3S. The van der Waals surface area contributed by atoms with Crippen molar-refractivity contribution in [1.82, 2.24) is 20.2 Å². The number of nitrogens with zero attached hydrogens (tertiary/aromatic N) is 3. The molecule has 0 bridgehead atoms. The number of nitrogens with one attached hydrogen (secondary N) is 1. The third-order valence-electron chi connectivity index (χ3n) is 4.97. The van der Waals surface area contributed by atoms with Crippen LogP contribution in [0.25, 0.3) is 11.6 Å². The quantitative estimate of drug-likeness (QED) is 0.561. The summed E-state index contributed by atoms with van der Waals surface area (Å²) in [5, 5.41) is 3.77. The predicted octanol–water partition coefficient (Wildman–Crippen LogP) is 2.85. The zero-order valence-electron chi connectivity index (χ0n) is 16.9. The van der Waals surface area contributed by atoms with Gasteiger partial charge in [0, 0.05) is 25.7 Å². The number of aryl methyl sites for hydroxylation is 1. The molecule has 1 fully saturated rings. The largest absolute Gasteiger partial charge is 0.461 e. The van der Waals surface area contributed by atoms with Crippen molar-refractivity contribution in [2.75, 3.05) is 39.1 Å². The van der Waals surface area contributed by atoms with Crippen molar-refractivity contribution < 1.29 is 13.9 Å². The van der Waals surface area contributed by atoms with Crippen LogP contribution in [0.1, 0.15) is 29.9 Å². The Kier molecular flexibility index (Phi) is 7.09. The molecule has 1 atom stereocenters. The Morgan fingerprint density at radius 3 is 2.68 bits per heavy atom. The summed E-state index contributed by atoms with van der Waals surface area (Å²) in [7, 11) is 0. The number of hydrogen-bond donors (Lipinski definition) is 1. The molecule has 1 unspecified atom stereocenters. The normalized spacial score (nSPS) is 16.3. The lowest BCUT2D eigenvalue weighted by Crippen LogP contribution is -2.51. The van der Waals surface area contributed by atoms with Crippen molar-refractivity contribution in [3.05, 3.63) is 29.7 Å². The van der Waals surface area contributed by atoms with E-state index in [1.165, 1.54) is 11.8 Å². The highest BCUT2D eigenvalue weighted by atomic mass is 32.2. The first kappa shape index (κ1) is 20.8. The van der Waals surface area contributed by atoms with Gasteiger partial charge in [0.05, 0.1) is 30.7 Å². The number of ether oxygens (including phenoxy) is 1. The van der Waals surface area contributed by atoms with Crippen LogP contribution in [-0.2, 0) is 4.74 Å². The number of rotatable bonds is 7. The van der Waals surface area contributed by atoms with E-state index in [1.54, 1.807) is 12.3 Å². The summed E-state index contributed by atoms with van der Waals surface area (Å²) in [6, 6.07) is 3.88. The SMILES string of the molecule is CSc1nc(-c2ccco2)nc(C)c1C(=O)NCC(C(C)C)N1CCOCC1. The van der Waals surface area contributed by atoms with E-state index in [4.69, 9.17) is 9.15 Å². The molecule has 0 saturated carbocycles. The second kappa shape index (κ2) is 9.54. The summed E-state index contributed by atoms with van der Waals surface area (Å²) in [5.74, 6) is 1.39. The highest BCUT2D eigenvalue weighted by Gasteiger charge is 2.26. The average Bonchev–Trinajstić information content (AvgIpc) is 3.22. The number of thioether (sulfide) groups is 1. The topological polar surface area (TPSA) is 80.5 Å². The molecule has 0 spiro atoms. The van der Waals surface area contributed by atoms with Crippen LogP contribution in [0, 0.1) is 12.8 Å². The minimum Gasteiger partial charge on any atom is -0.461 e. The van der Waals surface area contributed by atoms with Gasteiger partial charge >= 0.3 is 0 Å². The van der Waals surface area contributed by atoms with E-state index in [1.807, 2.05) is 19.2 Å². The van der Waals surface area contributed by atoms with Gasteiger partial charge < -0.3 is 14.5 Å². The summed E-state index contributed by atoms with van der Waals surface area (Å²) >= 11 is 1.44. The molecule has 8 heteroatoms. The standard InChI is InChI=1S/C20H28N4O3S/c1-13(2)15(24-7-10-26-11-8-24)12-21-19(25)17-14(3)22-18(23-20(17)28-4)16-6-5-9-27-16/h5-6,9,13,15H,7-8,10-12H2,1-4H3,(H,21,25). The van der Waals surface area contributed by atoms with E-state index in [2.05, 4.69) is 34.0 Å². The molecule has 2 aromatic heterocycles. The Balaban J connectivity index is 1.76. The lowest BCUT2D eigenvalue weighted by Gasteiger charge is -2.37. The van der Waals surface area contributed by atoms with Gasteiger partial charge in [0.2, 0.25) is 0 Å². The van der Waals surface area contributed by atoms with Gasteiger partial charge in [-0.25, -0.2) is 9.97 Å². The van der Waals surface area contributed by atoms with Crippen LogP contribution in [-0.4, -0.2) is 65.9 Å². The van der Waals surface area contributed by atoms with Crippen molar-refractivity contribution in [3.8, 4) is 11.6 Å². The summed E-state index contributed by atoms with van der Waals surface area (Å²) in [5.41, 5.74) is 1.18. The number of amides is 1. The molecule has 1 aliphatic rings. The Morgan fingerprint density at radius 1 is 1.32 bits per heavy atom. The van der Waals surface area contributed by atoms with Crippen LogP contribution in [0.3, 0.4) is 0 Å². The van der Waals surface area contributed by atoms with Crippen LogP contribution < -0.4 is 5.32 Å². The predicted molar refractivity (Wildman–Crippen MR) is 110 cm³/mol. The fourth-order valence-electron chi connectivity index (χ4n) is 3.45. The highest BCUT2D eigenvalue weighted by Crippen LogP contribution is 2.25. The zero-order chi connectivity index (χ0) is 20.1. The molecule has 3 rings (SSSR count). The number of morpholine rings is 1. The Morgan fingerprint density at radius 2 is 2.07 bits per heavy atom. The fourth-order valence-corrected chi connectivity index (χ4v) is 4.08. The summed E-state index contributed by atoms with van der Waals surface area (Å²) in [6.45, 7) is 10.1. The lowest BCUT2D eigenvalue weighted by atomic mass is 10.0. The monoisotopic (exact) mass is 404 g/mol. The summed E-state index contributed by atoms with van der Waals surface area (Å²) in [6.07, 6.45) is 3.50. The average molecular weight is 405 g/mol. The number of furan rings is 1. The Labute approximate surface area is 170 Å². The molecule has 0 radical (unpaired) electrons. The van der Waals surface area contributed by atoms with Crippen molar-refractivity contribution in [2.24, 2.45) is 5.92 Å².